The molecule has 0 radical (unpaired) electrons. The van der Waals surface area contributed by atoms with Crippen molar-refractivity contribution in [2.24, 2.45) is 11.1 Å². The number of carbonyl (C=O) groups is 4. The van der Waals surface area contributed by atoms with Gasteiger partial charge in [0.15, 0.2) is 11.5 Å². The first kappa shape index (κ1) is 29.1. The van der Waals surface area contributed by atoms with Crippen LogP contribution in [0.5, 0.6) is 11.5 Å². The summed E-state index contributed by atoms with van der Waals surface area (Å²) in [6, 6.07) is 4.45. The maximum absolute atomic E-state index is 12.2. The maximum atomic E-state index is 12.2. The topological polar surface area (TPSA) is 142 Å². The fourth-order valence-electron chi connectivity index (χ4n) is 3.10. The highest BCUT2D eigenvalue weighted by molar-refractivity contribution is 5.80. The molecule has 0 amide bonds. The second-order valence-electron chi connectivity index (χ2n) is 9.54. The second kappa shape index (κ2) is 12.5. The molecule has 0 fully saturated rings. The van der Waals surface area contributed by atoms with Gasteiger partial charge in [-0.05, 0) is 58.2 Å². The van der Waals surface area contributed by atoms with Crippen LogP contribution in [0.25, 0.3) is 0 Å². The fourth-order valence-corrected chi connectivity index (χ4v) is 3.10. The molecule has 1 unspecified atom stereocenters. The van der Waals surface area contributed by atoms with Gasteiger partial charge in [-0.25, -0.2) is 0 Å². The number of hydrogen-bond donors (Lipinski definition) is 2. The molecule has 3 N–H and O–H groups in total. The number of benzene rings is 1. The highest BCUT2D eigenvalue weighted by Crippen LogP contribution is 2.32. The minimum atomic E-state index is -1.76. The molecule has 0 spiro atoms. The Morgan fingerprint density at radius 2 is 1.50 bits per heavy atom. The van der Waals surface area contributed by atoms with Crippen LogP contribution in [0.1, 0.15) is 79.2 Å². The predicted molar refractivity (Wildman–Crippen MR) is 125 cm³/mol. The summed E-state index contributed by atoms with van der Waals surface area (Å²) < 4.78 is 16.1. The number of aliphatic carboxylic acids is 1. The normalized spacial score (nSPS) is 14.0. The maximum Gasteiger partial charge on any atom is 0.324 e. The van der Waals surface area contributed by atoms with Gasteiger partial charge in [-0.3, -0.25) is 19.2 Å². The Morgan fingerprint density at radius 1 is 0.971 bits per heavy atom. The predicted octanol–water partition coefficient (Wildman–Crippen LogP) is 3.79. The number of carbonyl (C=O) groups excluding carboxylic acids is 3. The molecule has 2 atom stereocenters. The van der Waals surface area contributed by atoms with E-state index in [9.17, 15) is 24.3 Å². The van der Waals surface area contributed by atoms with Crippen LogP contribution >= 0.6 is 0 Å². The minimum Gasteiger partial charge on any atom is -0.480 e. The van der Waals surface area contributed by atoms with Gasteiger partial charge in [0.2, 0.25) is 0 Å². The number of esters is 3. The molecular formula is C25H37NO8. The minimum absolute atomic E-state index is 0.0142. The Morgan fingerprint density at radius 3 is 1.97 bits per heavy atom. The summed E-state index contributed by atoms with van der Waals surface area (Å²) in [4.78, 5) is 48.3. The van der Waals surface area contributed by atoms with E-state index in [0.29, 0.717) is 18.4 Å². The van der Waals surface area contributed by atoms with Crippen molar-refractivity contribution >= 4 is 23.9 Å². The van der Waals surface area contributed by atoms with Crippen LogP contribution in [0.15, 0.2) is 18.2 Å². The van der Waals surface area contributed by atoms with E-state index < -0.39 is 40.9 Å². The van der Waals surface area contributed by atoms with Crippen molar-refractivity contribution in [1.82, 2.24) is 0 Å². The van der Waals surface area contributed by atoms with Crippen molar-refractivity contribution < 1.29 is 38.5 Å². The molecule has 1 aromatic rings. The molecule has 0 aliphatic rings. The van der Waals surface area contributed by atoms with E-state index in [0.717, 1.165) is 0 Å². The lowest BCUT2D eigenvalue weighted by molar-refractivity contribution is -0.160. The molecule has 1 rings (SSSR count). The van der Waals surface area contributed by atoms with Gasteiger partial charge >= 0.3 is 23.9 Å². The lowest BCUT2D eigenvalue weighted by Gasteiger charge is -2.29. The first-order valence-corrected chi connectivity index (χ1v) is 11.5. The third kappa shape index (κ3) is 9.13. The molecule has 9 nitrogen and oxygen atoms in total. The molecule has 9 heteroatoms. The first-order valence-electron chi connectivity index (χ1n) is 11.5. The summed E-state index contributed by atoms with van der Waals surface area (Å²) in [6.07, 6.45) is 0.500. The van der Waals surface area contributed by atoms with E-state index >= 15 is 0 Å². The fraction of sp³-hybridized carbons (Fsp3) is 0.600. The molecule has 0 aliphatic heterocycles. The molecule has 1 aromatic carbocycles. The second-order valence-corrected chi connectivity index (χ2v) is 9.54. The lowest BCUT2D eigenvalue weighted by atomic mass is 9.86. The number of nitrogens with two attached hydrogens (primary N) is 1. The number of carboxylic acid groups (broad SMARTS) is 1. The van der Waals surface area contributed by atoms with Crippen molar-refractivity contribution in [1.29, 1.82) is 0 Å². The van der Waals surface area contributed by atoms with Gasteiger partial charge in [0, 0.05) is 25.7 Å². The van der Waals surface area contributed by atoms with Crippen LogP contribution < -0.4 is 15.2 Å². The van der Waals surface area contributed by atoms with Crippen LogP contribution in [0, 0.1) is 5.41 Å². The zero-order chi connectivity index (χ0) is 26.1. The molecule has 0 bridgehead atoms. The molecule has 0 heterocycles. The van der Waals surface area contributed by atoms with Crippen LogP contribution in [0.4, 0.5) is 0 Å². The molecule has 190 valence electrons. The highest BCUT2D eigenvalue weighted by atomic mass is 16.6. The Labute approximate surface area is 200 Å². The molecule has 0 saturated carbocycles. The van der Waals surface area contributed by atoms with Gasteiger partial charge < -0.3 is 25.1 Å². The van der Waals surface area contributed by atoms with Crippen molar-refractivity contribution in [3.63, 3.8) is 0 Å². The Bertz CT molecular complexity index is 889. The van der Waals surface area contributed by atoms with E-state index in [2.05, 4.69) is 0 Å². The van der Waals surface area contributed by atoms with Crippen LogP contribution in [-0.2, 0) is 30.3 Å². The Balaban J connectivity index is 3.17. The Kier molecular flexibility index (Phi) is 10.7. The first-order chi connectivity index (χ1) is 15.7. The molecular weight excluding hydrogens is 442 g/mol. The van der Waals surface area contributed by atoms with Gasteiger partial charge in [-0.2, -0.15) is 0 Å². The highest BCUT2D eigenvalue weighted by Gasteiger charge is 2.38. The van der Waals surface area contributed by atoms with E-state index in [1.807, 2.05) is 13.8 Å². The van der Waals surface area contributed by atoms with E-state index in [4.69, 9.17) is 19.9 Å². The number of hydrogen-bond acceptors (Lipinski definition) is 8. The lowest BCUT2D eigenvalue weighted by Crippen LogP contribution is -2.52. The monoisotopic (exact) mass is 479 g/mol. The van der Waals surface area contributed by atoms with Gasteiger partial charge in [0.1, 0.15) is 11.6 Å². The van der Waals surface area contributed by atoms with Crippen molar-refractivity contribution in [2.75, 3.05) is 0 Å². The van der Waals surface area contributed by atoms with Crippen molar-refractivity contribution in [3.05, 3.63) is 23.8 Å². The molecule has 0 aliphatic carbocycles. The summed E-state index contributed by atoms with van der Waals surface area (Å²) in [7, 11) is 0. The quantitative estimate of drug-likeness (QED) is 0.338. The zero-order valence-electron chi connectivity index (χ0n) is 20.9. The molecule has 34 heavy (non-hydrogen) atoms. The van der Waals surface area contributed by atoms with Gasteiger partial charge in [0.05, 0.1) is 5.41 Å². The van der Waals surface area contributed by atoms with E-state index in [1.54, 1.807) is 33.8 Å². The zero-order valence-corrected chi connectivity index (χ0v) is 20.9. The smallest absolute Gasteiger partial charge is 0.324 e. The SMILES string of the molecule is CCCC(=O)Oc1ccc(CC(N)(C[C@H](C)OC(=O)C(C)(C)C)C(=O)O)cc1OC(=O)CCC. The summed E-state index contributed by atoms with van der Waals surface area (Å²) in [6.45, 7) is 10.3. The summed E-state index contributed by atoms with van der Waals surface area (Å²) in [5.41, 5.74) is 4.18. The van der Waals surface area contributed by atoms with Crippen LogP contribution in [-0.4, -0.2) is 40.6 Å². The third-order valence-corrected chi connectivity index (χ3v) is 4.88. The summed E-state index contributed by atoms with van der Waals surface area (Å²) in [5.74, 6) is -2.63. The average molecular weight is 480 g/mol. The van der Waals surface area contributed by atoms with E-state index in [1.165, 1.54) is 12.1 Å². The van der Waals surface area contributed by atoms with Gasteiger partial charge in [-0.1, -0.05) is 19.9 Å². The largest absolute Gasteiger partial charge is 0.480 e. The molecule has 0 saturated heterocycles. The third-order valence-electron chi connectivity index (χ3n) is 4.88. The van der Waals surface area contributed by atoms with Crippen LogP contribution in [0.3, 0.4) is 0 Å². The Hall–Kier alpha value is -2.94. The van der Waals surface area contributed by atoms with Gasteiger partial charge in [0.25, 0.3) is 0 Å². The summed E-state index contributed by atoms with van der Waals surface area (Å²) >= 11 is 0. The van der Waals surface area contributed by atoms with Crippen molar-refractivity contribution in [3.8, 4) is 11.5 Å². The van der Waals surface area contributed by atoms with Crippen LogP contribution in [0.2, 0.25) is 0 Å². The number of ether oxygens (including phenoxy) is 3. The average Bonchev–Trinajstić information content (AvgIpc) is 2.69. The van der Waals surface area contributed by atoms with E-state index in [-0.39, 0.29) is 37.2 Å². The molecule has 0 aromatic heterocycles. The standard InChI is InChI=1S/C25H37NO8/c1-7-9-20(27)33-18-12-11-17(13-19(18)34-21(28)10-8-2)15-25(26,22(29)30)14-16(3)32-23(31)24(4,5)6/h11-13,16H,7-10,14-15,26H2,1-6H3,(H,29,30)/t16-,25?/m0/s1. The number of carboxylic acids is 1. The van der Waals surface area contributed by atoms with Crippen molar-refractivity contribution in [2.45, 2.75) is 91.7 Å². The summed E-state index contributed by atoms with van der Waals surface area (Å²) in [5, 5.41) is 9.83. The van der Waals surface area contributed by atoms with Gasteiger partial charge in [-0.15, -0.1) is 0 Å². The number of rotatable bonds is 12.